The molecule has 0 unspecified atom stereocenters. The van der Waals surface area contributed by atoms with E-state index in [0.717, 1.165) is 13.2 Å². The Morgan fingerprint density at radius 2 is 2.38 bits per heavy atom. The summed E-state index contributed by atoms with van der Waals surface area (Å²) in [4.78, 5) is 0. The molecule has 0 saturated carbocycles. The zero-order valence-corrected chi connectivity index (χ0v) is 7.71. The molecule has 2 heteroatoms. The molecule has 13 heavy (non-hydrogen) atoms. The van der Waals surface area contributed by atoms with E-state index in [2.05, 4.69) is 30.4 Å². The molecule has 1 aromatic rings. The van der Waals surface area contributed by atoms with Crippen LogP contribution in [0.2, 0.25) is 0 Å². The zero-order valence-electron chi connectivity index (χ0n) is 7.71. The molecule has 3 rings (SSSR count). The van der Waals surface area contributed by atoms with Gasteiger partial charge in [-0.2, -0.15) is 0 Å². The average molecular weight is 175 g/mol. The maximum atomic E-state index is 5.69. The largest absolute Gasteiger partial charge is 0.367 e. The molecule has 1 N–H and O–H groups in total. The van der Waals surface area contributed by atoms with Crippen LogP contribution in [-0.4, -0.2) is 6.54 Å². The summed E-state index contributed by atoms with van der Waals surface area (Å²) in [5.41, 5.74) is 4.26. The van der Waals surface area contributed by atoms with Gasteiger partial charge in [-0.25, -0.2) is 0 Å². The molecule has 2 nitrogen and oxygen atoms in total. The topological polar surface area (TPSA) is 21.3 Å². The Kier molecular flexibility index (Phi) is 1.49. The van der Waals surface area contributed by atoms with Crippen LogP contribution in [0.3, 0.4) is 0 Å². The summed E-state index contributed by atoms with van der Waals surface area (Å²) in [5, 5.41) is 3.45. The number of nitrogens with one attached hydrogen (secondary N) is 1. The first-order chi connectivity index (χ1) is 6.36. The van der Waals surface area contributed by atoms with Crippen molar-refractivity contribution in [3.05, 3.63) is 34.9 Å². The van der Waals surface area contributed by atoms with Crippen LogP contribution in [0.25, 0.3) is 0 Å². The second kappa shape index (κ2) is 2.56. The van der Waals surface area contributed by atoms with Gasteiger partial charge in [-0.05, 0) is 23.6 Å². The minimum atomic E-state index is 0.308. The van der Waals surface area contributed by atoms with Gasteiger partial charge in [-0.15, -0.1) is 0 Å². The summed E-state index contributed by atoms with van der Waals surface area (Å²) in [6.07, 6.45) is 0.308. The molecule has 0 aromatic heterocycles. The molecule has 0 radical (unpaired) electrons. The predicted molar refractivity (Wildman–Crippen MR) is 50.4 cm³/mol. The third kappa shape index (κ3) is 0.960. The summed E-state index contributed by atoms with van der Waals surface area (Å²) in [6, 6.07) is 6.99. The second-order valence-corrected chi connectivity index (χ2v) is 3.85. The summed E-state index contributed by atoms with van der Waals surface area (Å²) in [5.74, 6) is 0. The Morgan fingerprint density at radius 1 is 1.46 bits per heavy atom. The van der Waals surface area contributed by atoms with Crippen molar-refractivity contribution in [2.75, 3.05) is 6.54 Å². The molecule has 0 aliphatic carbocycles. The van der Waals surface area contributed by atoms with Gasteiger partial charge < -0.3 is 10.1 Å². The number of hydrogen-bond donors (Lipinski definition) is 1. The number of ether oxygens (including phenoxy) is 1. The quantitative estimate of drug-likeness (QED) is 0.650. The third-order valence-electron chi connectivity index (χ3n) is 3.07. The first-order valence-corrected chi connectivity index (χ1v) is 4.83. The van der Waals surface area contributed by atoms with Gasteiger partial charge in [0.2, 0.25) is 0 Å². The van der Waals surface area contributed by atoms with Crippen molar-refractivity contribution < 1.29 is 4.74 Å². The zero-order chi connectivity index (χ0) is 8.84. The fraction of sp³-hybridized carbons (Fsp3) is 0.455. The van der Waals surface area contributed by atoms with E-state index in [0.29, 0.717) is 12.1 Å². The molecular formula is C11H13NO. The molecule has 0 spiro atoms. The normalized spacial score (nSPS) is 30.2. The SMILES string of the molecule is C[C@@H]1NC[C@H]2OCc3cccc1c32. The van der Waals surface area contributed by atoms with Crippen LogP contribution in [-0.2, 0) is 11.3 Å². The lowest BCUT2D eigenvalue weighted by Crippen LogP contribution is -2.30. The Bertz CT molecular complexity index is 348. The van der Waals surface area contributed by atoms with Crippen LogP contribution in [0, 0.1) is 0 Å². The van der Waals surface area contributed by atoms with Gasteiger partial charge in [-0.1, -0.05) is 18.2 Å². The van der Waals surface area contributed by atoms with Crippen LogP contribution < -0.4 is 5.32 Å². The molecule has 0 saturated heterocycles. The van der Waals surface area contributed by atoms with Crippen molar-refractivity contribution in [1.82, 2.24) is 5.32 Å². The highest BCUT2D eigenvalue weighted by Crippen LogP contribution is 2.38. The van der Waals surface area contributed by atoms with Crippen molar-refractivity contribution in [3.63, 3.8) is 0 Å². The molecular weight excluding hydrogens is 162 g/mol. The van der Waals surface area contributed by atoms with E-state index in [-0.39, 0.29) is 0 Å². The van der Waals surface area contributed by atoms with Crippen LogP contribution in [0.1, 0.15) is 35.8 Å². The maximum Gasteiger partial charge on any atom is 0.0960 e. The number of rotatable bonds is 0. The van der Waals surface area contributed by atoms with Crippen LogP contribution >= 0.6 is 0 Å². The maximum absolute atomic E-state index is 5.69. The van der Waals surface area contributed by atoms with Crippen molar-refractivity contribution in [1.29, 1.82) is 0 Å². The van der Waals surface area contributed by atoms with Gasteiger partial charge in [0.1, 0.15) is 0 Å². The third-order valence-corrected chi connectivity index (χ3v) is 3.07. The van der Waals surface area contributed by atoms with E-state index in [4.69, 9.17) is 4.74 Å². The molecule has 2 heterocycles. The van der Waals surface area contributed by atoms with Gasteiger partial charge >= 0.3 is 0 Å². The highest BCUT2D eigenvalue weighted by Gasteiger charge is 2.31. The van der Waals surface area contributed by atoms with Gasteiger partial charge in [-0.3, -0.25) is 0 Å². The fourth-order valence-electron chi connectivity index (χ4n) is 2.36. The van der Waals surface area contributed by atoms with Crippen LogP contribution in [0.5, 0.6) is 0 Å². The van der Waals surface area contributed by atoms with E-state index >= 15 is 0 Å². The van der Waals surface area contributed by atoms with E-state index < -0.39 is 0 Å². The lowest BCUT2D eigenvalue weighted by Gasteiger charge is -2.27. The van der Waals surface area contributed by atoms with Gasteiger partial charge in [0, 0.05) is 12.6 Å². The average Bonchev–Trinajstić information content (AvgIpc) is 2.57. The minimum absolute atomic E-state index is 0.308. The second-order valence-electron chi connectivity index (χ2n) is 3.85. The number of hydrogen-bond acceptors (Lipinski definition) is 2. The Balaban J connectivity index is 2.22. The lowest BCUT2D eigenvalue weighted by molar-refractivity contribution is 0.0593. The highest BCUT2D eigenvalue weighted by molar-refractivity contribution is 5.42. The monoisotopic (exact) mass is 175 g/mol. The highest BCUT2D eigenvalue weighted by atomic mass is 16.5. The summed E-state index contributed by atoms with van der Waals surface area (Å²) < 4.78 is 5.69. The fourth-order valence-corrected chi connectivity index (χ4v) is 2.36. The molecule has 68 valence electrons. The van der Waals surface area contributed by atoms with Crippen LogP contribution in [0.4, 0.5) is 0 Å². The standard InChI is InChI=1S/C11H13NO/c1-7-9-4-2-3-8-6-13-10(5-12-7)11(8)9/h2-4,7,10,12H,5-6H2,1H3/t7-,10+/m0/s1. The molecule has 2 atom stereocenters. The molecule has 0 fully saturated rings. The van der Waals surface area contributed by atoms with E-state index in [1.54, 1.807) is 0 Å². The molecule has 2 aliphatic rings. The summed E-state index contributed by atoms with van der Waals surface area (Å²) >= 11 is 0. The predicted octanol–water partition coefficient (Wildman–Crippen LogP) is 1.92. The van der Waals surface area contributed by atoms with Crippen LogP contribution in [0.15, 0.2) is 18.2 Å². The molecule has 0 bridgehead atoms. The number of benzene rings is 1. The van der Waals surface area contributed by atoms with E-state index in [1.165, 1.54) is 16.7 Å². The molecule has 0 amide bonds. The first-order valence-electron chi connectivity index (χ1n) is 4.83. The van der Waals surface area contributed by atoms with Gasteiger partial charge in [0.25, 0.3) is 0 Å². The van der Waals surface area contributed by atoms with Crippen molar-refractivity contribution in [2.45, 2.75) is 25.7 Å². The molecule has 2 aliphatic heterocycles. The Morgan fingerprint density at radius 3 is 3.31 bits per heavy atom. The van der Waals surface area contributed by atoms with Gasteiger partial charge in [0.05, 0.1) is 12.7 Å². The van der Waals surface area contributed by atoms with Crippen molar-refractivity contribution >= 4 is 0 Å². The first kappa shape index (κ1) is 7.54. The minimum Gasteiger partial charge on any atom is -0.367 e. The van der Waals surface area contributed by atoms with E-state index in [1.807, 2.05) is 0 Å². The van der Waals surface area contributed by atoms with Gasteiger partial charge in [0.15, 0.2) is 0 Å². The van der Waals surface area contributed by atoms with E-state index in [9.17, 15) is 0 Å². The summed E-state index contributed by atoms with van der Waals surface area (Å²) in [7, 11) is 0. The summed E-state index contributed by atoms with van der Waals surface area (Å²) in [6.45, 7) is 3.97. The smallest absolute Gasteiger partial charge is 0.0960 e. The Hall–Kier alpha value is -0.860. The Labute approximate surface area is 77.9 Å². The van der Waals surface area contributed by atoms with Crippen molar-refractivity contribution in [3.8, 4) is 0 Å². The van der Waals surface area contributed by atoms with Crippen molar-refractivity contribution in [2.24, 2.45) is 0 Å². The lowest BCUT2D eigenvalue weighted by atomic mass is 9.91. The molecule has 1 aromatic carbocycles.